The molecule has 0 radical (unpaired) electrons. The summed E-state index contributed by atoms with van der Waals surface area (Å²) in [5, 5.41) is 9.47. The zero-order valence-corrected chi connectivity index (χ0v) is 29.5. The Labute approximate surface area is 295 Å². The van der Waals surface area contributed by atoms with Crippen molar-refractivity contribution in [3.63, 3.8) is 0 Å². The SMILES string of the molecule is Cc1cc(C(=O)O)ccc1N(Cc1cc(C2CC2)cc(C2CC2)c1)C(=O)CS(=O)(=O)Nc1c(F)c(F)c(Cc2cccc(Br)c2C)c(F)c1F. The van der Waals surface area contributed by atoms with Gasteiger partial charge in [-0.05, 0) is 109 Å². The smallest absolute Gasteiger partial charge is 0.335 e. The van der Waals surface area contributed by atoms with Crippen LogP contribution in [0.25, 0.3) is 0 Å². The zero-order valence-electron chi connectivity index (χ0n) is 27.1. The van der Waals surface area contributed by atoms with E-state index in [1.54, 1.807) is 30.7 Å². The highest BCUT2D eigenvalue weighted by Crippen LogP contribution is 2.45. The van der Waals surface area contributed by atoms with Crippen LogP contribution in [0.3, 0.4) is 0 Å². The van der Waals surface area contributed by atoms with Crippen LogP contribution in [-0.2, 0) is 27.8 Å². The predicted molar refractivity (Wildman–Crippen MR) is 185 cm³/mol. The van der Waals surface area contributed by atoms with Crippen molar-refractivity contribution in [2.75, 3.05) is 15.4 Å². The highest BCUT2D eigenvalue weighted by molar-refractivity contribution is 9.10. The van der Waals surface area contributed by atoms with Gasteiger partial charge in [0, 0.05) is 22.1 Å². The zero-order chi connectivity index (χ0) is 36.1. The average molecular weight is 774 g/mol. The number of nitrogens with zero attached hydrogens (tertiary/aromatic N) is 1. The van der Waals surface area contributed by atoms with Gasteiger partial charge in [0.15, 0.2) is 23.3 Å². The van der Waals surface area contributed by atoms with E-state index in [0.29, 0.717) is 33.0 Å². The number of carbonyl (C=O) groups is 2. The fourth-order valence-corrected chi connectivity index (χ4v) is 7.56. The van der Waals surface area contributed by atoms with Gasteiger partial charge in [0.05, 0.1) is 12.1 Å². The van der Waals surface area contributed by atoms with Crippen LogP contribution in [-0.4, -0.2) is 31.2 Å². The summed E-state index contributed by atoms with van der Waals surface area (Å²) < 4.78 is 89.8. The standard InChI is InChI=1S/C37H33BrF4N2O5S/c1-19-12-25(37(46)47)10-11-30(19)44(17-21-13-26(22-6-7-22)15-27(14-21)23-8-9-23)31(45)18-50(48,49)43-36-34(41)32(39)28(33(40)35(36)42)16-24-4-3-5-29(38)20(24)2/h3-5,10-15,22-23,43H,6-9,16-18H2,1-2H3,(H,46,47). The number of nitrogens with one attached hydrogen (secondary N) is 1. The topological polar surface area (TPSA) is 104 Å². The molecule has 50 heavy (non-hydrogen) atoms. The van der Waals surface area contributed by atoms with Gasteiger partial charge in [-0.2, -0.15) is 0 Å². The Kier molecular flexibility index (Phi) is 9.84. The van der Waals surface area contributed by atoms with E-state index in [0.717, 1.165) is 42.4 Å². The molecular formula is C37H33BrF4N2O5S. The van der Waals surface area contributed by atoms with Crippen molar-refractivity contribution in [2.24, 2.45) is 0 Å². The van der Waals surface area contributed by atoms with E-state index in [1.165, 1.54) is 29.2 Å². The van der Waals surface area contributed by atoms with Gasteiger partial charge in [0.25, 0.3) is 0 Å². The van der Waals surface area contributed by atoms with Crippen LogP contribution in [0, 0.1) is 37.1 Å². The predicted octanol–water partition coefficient (Wildman–Crippen LogP) is 8.64. The molecule has 2 fully saturated rings. The number of amides is 1. The van der Waals surface area contributed by atoms with Crippen molar-refractivity contribution in [1.29, 1.82) is 0 Å². The molecule has 0 aromatic heterocycles. The molecule has 0 spiro atoms. The first-order chi connectivity index (χ1) is 23.6. The Morgan fingerprint density at radius 1 is 0.880 bits per heavy atom. The van der Waals surface area contributed by atoms with Crippen LogP contribution in [0.4, 0.5) is 28.9 Å². The van der Waals surface area contributed by atoms with Crippen LogP contribution < -0.4 is 9.62 Å². The van der Waals surface area contributed by atoms with Gasteiger partial charge in [-0.1, -0.05) is 46.3 Å². The molecule has 2 N–H and O–H groups in total. The maximum absolute atomic E-state index is 15.3. The minimum absolute atomic E-state index is 0.0480. The second-order valence-corrected chi connectivity index (χ2v) is 15.6. The Bertz CT molecular complexity index is 2090. The van der Waals surface area contributed by atoms with Crippen LogP contribution in [0.15, 0.2) is 59.1 Å². The lowest BCUT2D eigenvalue weighted by Gasteiger charge is -2.26. The van der Waals surface area contributed by atoms with Gasteiger partial charge in [-0.25, -0.2) is 30.8 Å². The second kappa shape index (κ2) is 13.8. The highest BCUT2D eigenvalue weighted by Gasteiger charge is 2.32. The Morgan fingerprint density at radius 3 is 2.02 bits per heavy atom. The van der Waals surface area contributed by atoms with Crippen molar-refractivity contribution >= 4 is 49.2 Å². The second-order valence-electron chi connectivity index (χ2n) is 13.0. The largest absolute Gasteiger partial charge is 0.478 e. The summed E-state index contributed by atoms with van der Waals surface area (Å²) in [4.78, 5) is 26.6. The lowest BCUT2D eigenvalue weighted by atomic mass is 9.99. The first-order valence-corrected chi connectivity index (χ1v) is 18.5. The van der Waals surface area contributed by atoms with Crippen molar-refractivity contribution in [2.45, 2.75) is 64.3 Å². The molecule has 13 heteroatoms. The summed E-state index contributed by atoms with van der Waals surface area (Å²) >= 11 is 3.30. The van der Waals surface area contributed by atoms with E-state index in [-0.39, 0.29) is 17.8 Å². The molecule has 262 valence electrons. The number of carboxylic acid groups (broad SMARTS) is 1. The number of anilines is 2. The molecule has 7 nitrogen and oxygen atoms in total. The van der Waals surface area contributed by atoms with E-state index in [9.17, 15) is 23.1 Å². The fraction of sp³-hybridized carbons (Fsp3) is 0.297. The summed E-state index contributed by atoms with van der Waals surface area (Å²) in [6.45, 7) is 3.14. The minimum Gasteiger partial charge on any atom is -0.478 e. The third kappa shape index (κ3) is 7.58. The van der Waals surface area contributed by atoms with E-state index < -0.39 is 68.6 Å². The normalized spacial score (nSPS) is 14.5. The molecule has 0 bridgehead atoms. The van der Waals surface area contributed by atoms with Crippen LogP contribution in [0.5, 0.6) is 0 Å². The monoisotopic (exact) mass is 772 g/mol. The number of carbonyl (C=O) groups excluding carboxylic acids is 1. The van der Waals surface area contributed by atoms with E-state index in [1.807, 2.05) is 12.1 Å². The molecule has 0 aliphatic heterocycles. The number of carboxylic acids is 1. The third-order valence-electron chi connectivity index (χ3n) is 9.18. The number of aryl methyl sites for hydroxylation is 1. The van der Waals surface area contributed by atoms with Crippen LogP contribution in [0.1, 0.15) is 86.8 Å². The Hall–Kier alpha value is -4.23. The first kappa shape index (κ1) is 35.6. The first-order valence-electron chi connectivity index (χ1n) is 16.0. The molecular weight excluding hydrogens is 740 g/mol. The molecule has 0 heterocycles. The van der Waals surface area contributed by atoms with Gasteiger partial charge in [-0.15, -0.1) is 0 Å². The van der Waals surface area contributed by atoms with Gasteiger partial charge < -0.3 is 10.0 Å². The minimum atomic E-state index is -4.95. The number of halogens is 5. The van der Waals surface area contributed by atoms with Gasteiger partial charge in [0.1, 0.15) is 11.4 Å². The van der Waals surface area contributed by atoms with E-state index in [2.05, 4.69) is 22.0 Å². The molecule has 2 aliphatic carbocycles. The van der Waals surface area contributed by atoms with Gasteiger partial charge >= 0.3 is 5.97 Å². The number of rotatable bonds is 12. The molecule has 0 unspecified atom stereocenters. The van der Waals surface area contributed by atoms with Crippen LogP contribution >= 0.6 is 15.9 Å². The third-order valence-corrected chi connectivity index (χ3v) is 11.2. The summed E-state index contributed by atoms with van der Waals surface area (Å²) in [7, 11) is -4.95. The summed E-state index contributed by atoms with van der Waals surface area (Å²) in [5.74, 6) is -10.2. The number of sulfonamides is 1. The number of aromatic carboxylic acids is 1. The lowest BCUT2D eigenvalue weighted by Crippen LogP contribution is -2.38. The number of hydrogen-bond acceptors (Lipinski definition) is 4. The molecule has 0 saturated heterocycles. The van der Waals surface area contributed by atoms with E-state index in [4.69, 9.17) is 0 Å². The van der Waals surface area contributed by atoms with Crippen molar-refractivity contribution in [3.05, 3.63) is 127 Å². The summed E-state index contributed by atoms with van der Waals surface area (Å²) in [6.07, 6.45) is 3.63. The fourth-order valence-electron chi connectivity index (χ4n) is 6.11. The van der Waals surface area contributed by atoms with E-state index >= 15 is 17.6 Å². The van der Waals surface area contributed by atoms with Crippen LogP contribution in [0.2, 0.25) is 0 Å². The Morgan fingerprint density at radius 2 is 1.48 bits per heavy atom. The molecule has 0 atom stereocenters. The summed E-state index contributed by atoms with van der Waals surface area (Å²) in [6, 6.07) is 14.9. The quantitative estimate of drug-likeness (QED) is 0.111. The number of benzene rings is 4. The molecule has 2 aliphatic rings. The maximum Gasteiger partial charge on any atom is 0.335 e. The van der Waals surface area contributed by atoms with Gasteiger partial charge in [0.2, 0.25) is 15.9 Å². The molecule has 2 saturated carbocycles. The van der Waals surface area contributed by atoms with Crippen molar-refractivity contribution in [1.82, 2.24) is 0 Å². The lowest BCUT2D eigenvalue weighted by molar-refractivity contribution is -0.116. The summed E-state index contributed by atoms with van der Waals surface area (Å²) in [5.41, 5.74) is 1.98. The van der Waals surface area contributed by atoms with Crippen molar-refractivity contribution in [3.8, 4) is 0 Å². The molecule has 4 aromatic carbocycles. The highest BCUT2D eigenvalue weighted by atomic mass is 79.9. The van der Waals surface area contributed by atoms with Crippen molar-refractivity contribution < 1.29 is 40.7 Å². The molecule has 6 rings (SSSR count). The molecule has 1 amide bonds. The maximum atomic E-state index is 15.3. The average Bonchev–Trinajstić information content (AvgIpc) is 3.98. The van der Waals surface area contributed by atoms with Gasteiger partial charge in [-0.3, -0.25) is 9.52 Å². The number of hydrogen-bond donors (Lipinski definition) is 2. The molecule has 4 aromatic rings. The Balaban J connectivity index is 1.31.